The zero-order valence-electron chi connectivity index (χ0n) is 14.5. The fraction of sp³-hybridized carbons (Fsp3) is 0.222. The summed E-state index contributed by atoms with van der Waals surface area (Å²) in [5, 5.41) is 3.28. The maximum absolute atomic E-state index is 12.7. The number of pyridine rings is 1. The molecule has 0 unspecified atom stereocenters. The van der Waals surface area contributed by atoms with Crippen molar-refractivity contribution in [2.45, 2.75) is 13.3 Å². The standard InChI is InChI=1S/C18H17ClN4O3/c1-4-10-9-20-15-13(17(25)23(3)18(26)22(15)2)14(10)21-16(24)11-7-5-6-8-12(11)19/h5-9H,4H2,1-3H3,(H,20,21,24). The van der Waals surface area contributed by atoms with Crippen LogP contribution in [0.25, 0.3) is 11.0 Å². The lowest BCUT2D eigenvalue weighted by Crippen LogP contribution is -2.38. The minimum Gasteiger partial charge on any atom is -0.321 e. The summed E-state index contributed by atoms with van der Waals surface area (Å²) < 4.78 is 2.27. The second-order valence-electron chi connectivity index (χ2n) is 5.85. The second kappa shape index (κ2) is 6.76. The first-order chi connectivity index (χ1) is 12.4. The van der Waals surface area contributed by atoms with E-state index in [1.165, 1.54) is 18.7 Å². The van der Waals surface area contributed by atoms with Gasteiger partial charge in [0.1, 0.15) is 5.39 Å². The summed E-state index contributed by atoms with van der Waals surface area (Å²) in [6, 6.07) is 6.64. The molecule has 2 heterocycles. The summed E-state index contributed by atoms with van der Waals surface area (Å²) >= 11 is 6.10. The molecule has 0 fully saturated rings. The Balaban J connectivity index is 2.28. The Kier molecular flexibility index (Phi) is 4.65. The minimum atomic E-state index is -0.514. The lowest BCUT2D eigenvalue weighted by atomic mass is 10.1. The molecule has 3 aromatic rings. The molecule has 26 heavy (non-hydrogen) atoms. The number of fused-ring (bicyclic) bond motifs is 1. The average molecular weight is 373 g/mol. The van der Waals surface area contributed by atoms with Gasteiger partial charge < -0.3 is 5.32 Å². The Hall–Kier alpha value is -2.93. The van der Waals surface area contributed by atoms with Gasteiger partial charge in [-0.2, -0.15) is 0 Å². The number of benzene rings is 1. The Bertz CT molecular complexity index is 1150. The monoisotopic (exact) mass is 372 g/mol. The van der Waals surface area contributed by atoms with E-state index in [9.17, 15) is 14.4 Å². The number of carbonyl (C=O) groups is 1. The normalized spacial score (nSPS) is 10.9. The molecule has 0 saturated carbocycles. The van der Waals surface area contributed by atoms with E-state index in [1.54, 1.807) is 30.5 Å². The third-order valence-corrected chi connectivity index (χ3v) is 4.61. The molecule has 0 atom stereocenters. The van der Waals surface area contributed by atoms with Gasteiger partial charge in [-0.15, -0.1) is 0 Å². The number of nitrogens with one attached hydrogen (secondary N) is 1. The van der Waals surface area contributed by atoms with Crippen LogP contribution >= 0.6 is 11.6 Å². The van der Waals surface area contributed by atoms with E-state index >= 15 is 0 Å². The molecule has 8 heteroatoms. The first kappa shape index (κ1) is 17.9. The van der Waals surface area contributed by atoms with E-state index in [2.05, 4.69) is 10.3 Å². The van der Waals surface area contributed by atoms with E-state index in [-0.39, 0.29) is 11.0 Å². The highest BCUT2D eigenvalue weighted by Gasteiger charge is 2.19. The van der Waals surface area contributed by atoms with Crippen molar-refractivity contribution in [3.8, 4) is 0 Å². The molecule has 0 aliphatic heterocycles. The lowest BCUT2D eigenvalue weighted by molar-refractivity contribution is 0.102. The highest BCUT2D eigenvalue weighted by Crippen LogP contribution is 2.25. The Labute approximate surface area is 153 Å². The first-order valence-corrected chi connectivity index (χ1v) is 8.38. The van der Waals surface area contributed by atoms with Crippen LogP contribution in [0.4, 0.5) is 5.69 Å². The molecule has 1 aromatic carbocycles. The van der Waals surface area contributed by atoms with Gasteiger partial charge in [-0.1, -0.05) is 30.7 Å². The molecule has 0 aliphatic carbocycles. The molecule has 0 bridgehead atoms. The molecule has 134 valence electrons. The van der Waals surface area contributed by atoms with Gasteiger partial charge in [0, 0.05) is 20.3 Å². The highest BCUT2D eigenvalue weighted by molar-refractivity contribution is 6.34. The summed E-state index contributed by atoms with van der Waals surface area (Å²) in [4.78, 5) is 41.8. The van der Waals surface area contributed by atoms with Crippen LogP contribution in [0, 0.1) is 0 Å². The molecular weight excluding hydrogens is 356 g/mol. The number of aromatic nitrogens is 3. The van der Waals surface area contributed by atoms with Gasteiger partial charge in [0.2, 0.25) is 0 Å². The third kappa shape index (κ3) is 2.80. The molecule has 0 spiro atoms. The van der Waals surface area contributed by atoms with Gasteiger partial charge in [0.25, 0.3) is 11.5 Å². The summed E-state index contributed by atoms with van der Waals surface area (Å²) in [6.07, 6.45) is 2.11. The molecule has 0 radical (unpaired) electrons. The number of aryl methyl sites for hydroxylation is 2. The molecule has 2 aromatic heterocycles. The quantitative estimate of drug-likeness (QED) is 0.762. The fourth-order valence-corrected chi connectivity index (χ4v) is 3.03. The van der Waals surface area contributed by atoms with Crippen LogP contribution in [0.2, 0.25) is 5.02 Å². The minimum absolute atomic E-state index is 0.189. The van der Waals surface area contributed by atoms with E-state index in [4.69, 9.17) is 11.6 Å². The summed E-state index contributed by atoms with van der Waals surface area (Å²) in [5.41, 5.74) is 0.544. The lowest BCUT2D eigenvalue weighted by Gasteiger charge is -2.15. The maximum Gasteiger partial charge on any atom is 0.332 e. The van der Waals surface area contributed by atoms with E-state index in [1.807, 2.05) is 6.92 Å². The number of anilines is 1. The van der Waals surface area contributed by atoms with E-state index < -0.39 is 17.2 Å². The summed E-state index contributed by atoms with van der Waals surface area (Å²) in [5.74, 6) is -0.436. The Morgan fingerprint density at radius 2 is 1.88 bits per heavy atom. The van der Waals surface area contributed by atoms with Crippen molar-refractivity contribution < 1.29 is 4.79 Å². The van der Waals surface area contributed by atoms with Crippen LogP contribution < -0.4 is 16.6 Å². The molecular formula is C18H17ClN4O3. The van der Waals surface area contributed by atoms with Gasteiger partial charge in [0.05, 0.1) is 16.3 Å². The fourth-order valence-electron chi connectivity index (χ4n) is 2.80. The predicted molar refractivity (Wildman–Crippen MR) is 101 cm³/mol. The van der Waals surface area contributed by atoms with Gasteiger partial charge in [-0.25, -0.2) is 9.78 Å². The summed E-state index contributed by atoms with van der Waals surface area (Å²) in [7, 11) is 2.92. The average Bonchev–Trinajstić information content (AvgIpc) is 2.64. The van der Waals surface area contributed by atoms with Gasteiger partial charge in [0.15, 0.2) is 5.65 Å². The van der Waals surface area contributed by atoms with E-state index in [0.29, 0.717) is 28.3 Å². The van der Waals surface area contributed by atoms with Crippen molar-refractivity contribution in [2.75, 3.05) is 5.32 Å². The Morgan fingerprint density at radius 3 is 2.54 bits per heavy atom. The SMILES string of the molecule is CCc1cnc2c(c1NC(=O)c1ccccc1Cl)c(=O)n(C)c(=O)n2C. The van der Waals surface area contributed by atoms with Gasteiger partial charge in [-0.05, 0) is 24.1 Å². The van der Waals surface area contributed by atoms with Crippen LogP contribution in [0.15, 0.2) is 40.1 Å². The first-order valence-electron chi connectivity index (χ1n) is 8.00. The van der Waals surface area contributed by atoms with Gasteiger partial charge in [-0.3, -0.25) is 18.7 Å². The largest absolute Gasteiger partial charge is 0.332 e. The zero-order chi connectivity index (χ0) is 19.0. The molecule has 0 saturated heterocycles. The molecule has 7 nitrogen and oxygen atoms in total. The third-order valence-electron chi connectivity index (χ3n) is 4.29. The number of hydrogen-bond acceptors (Lipinski definition) is 4. The van der Waals surface area contributed by atoms with Crippen molar-refractivity contribution in [2.24, 2.45) is 14.1 Å². The van der Waals surface area contributed by atoms with Crippen LogP contribution in [0.3, 0.4) is 0 Å². The topological polar surface area (TPSA) is 86.0 Å². The predicted octanol–water partition coefficient (Wildman–Crippen LogP) is 2.10. The van der Waals surface area contributed by atoms with Crippen molar-refractivity contribution in [3.63, 3.8) is 0 Å². The van der Waals surface area contributed by atoms with Crippen molar-refractivity contribution in [1.29, 1.82) is 0 Å². The Morgan fingerprint density at radius 1 is 1.19 bits per heavy atom. The zero-order valence-corrected chi connectivity index (χ0v) is 15.3. The van der Waals surface area contributed by atoms with Crippen molar-refractivity contribution in [1.82, 2.24) is 14.1 Å². The van der Waals surface area contributed by atoms with Crippen molar-refractivity contribution >= 4 is 34.2 Å². The van der Waals surface area contributed by atoms with Crippen LogP contribution in [-0.4, -0.2) is 20.0 Å². The number of rotatable bonds is 3. The van der Waals surface area contributed by atoms with Crippen LogP contribution in [0.1, 0.15) is 22.8 Å². The van der Waals surface area contributed by atoms with Crippen LogP contribution in [-0.2, 0) is 20.5 Å². The van der Waals surface area contributed by atoms with Crippen LogP contribution in [0.5, 0.6) is 0 Å². The molecule has 3 rings (SSSR count). The van der Waals surface area contributed by atoms with E-state index in [0.717, 1.165) is 4.57 Å². The molecule has 1 amide bonds. The smallest absolute Gasteiger partial charge is 0.321 e. The second-order valence-corrected chi connectivity index (χ2v) is 6.26. The van der Waals surface area contributed by atoms with Crippen molar-refractivity contribution in [3.05, 3.63) is 67.4 Å². The number of hydrogen-bond donors (Lipinski definition) is 1. The number of halogens is 1. The maximum atomic E-state index is 12.7. The number of amides is 1. The molecule has 1 N–H and O–H groups in total. The molecule has 0 aliphatic rings. The number of carbonyl (C=O) groups excluding carboxylic acids is 1. The number of nitrogens with zero attached hydrogens (tertiary/aromatic N) is 3. The van der Waals surface area contributed by atoms with Gasteiger partial charge >= 0.3 is 5.69 Å². The highest BCUT2D eigenvalue weighted by atomic mass is 35.5. The summed E-state index contributed by atoms with van der Waals surface area (Å²) in [6.45, 7) is 1.89.